The molecule has 1 aliphatic heterocycles. The Morgan fingerprint density at radius 3 is 2.68 bits per heavy atom. The van der Waals surface area contributed by atoms with Gasteiger partial charge < -0.3 is 14.8 Å². The van der Waals surface area contributed by atoms with Gasteiger partial charge in [0.1, 0.15) is 17.6 Å². The van der Waals surface area contributed by atoms with Crippen LogP contribution in [0, 0.1) is 13.8 Å². The Labute approximate surface area is 170 Å². The number of amides is 1. The fourth-order valence-electron chi connectivity index (χ4n) is 3.42. The number of rotatable bonds is 7. The Morgan fingerprint density at radius 2 is 2.04 bits per heavy atom. The van der Waals surface area contributed by atoms with Crippen LogP contribution >= 0.6 is 11.8 Å². The van der Waals surface area contributed by atoms with E-state index in [-0.39, 0.29) is 12.0 Å². The Kier molecular flexibility index (Phi) is 6.44. The second kappa shape index (κ2) is 8.82. The molecular weight excluding hydrogens is 374 g/mol. The first-order chi connectivity index (χ1) is 13.4. The number of aryl methyl sites for hydroxylation is 2. The molecular formula is C21H27N3O3S. The normalized spacial score (nSPS) is 15.1. The highest BCUT2D eigenvalue weighted by molar-refractivity contribution is 7.98. The van der Waals surface area contributed by atoms with Gasteiger partial charge in [-0.25, -0.2) is 9.97 Å². The van der Waals surface area contributed by atoms with E-state index in [4.69, 9.17) is 9.47 Å². The summed E-state index contributed by atoms with van der Waals surface area (Å²) in [5, 5.41) is 3.74. The summed E-state index contributed by atoms with van der Waals surface area (Å²) in [7, 11) is 0. The largest absolute Gasteiger partial charge is 0.492 e. The van der Waals surface area contributed by atoms with Crippen molar-refractivity contribution in [3.05, 3.63) is 34.6 Å². The van der Waals surface area contributed by atoms with E-state index in [1.807, 2.05) is 46.1 Å². The standard InChI is InChI=1S/C21H27N3O3S/c1-6-26-19-10-15-9-12(2)27-18(15)11-17(19)24-20(25)8-7-16-13(3)22-21(28-5)23-14(16)4/h10-12H,6-9H2,1-5H3,(H,24,25). The zero-order valence-electron chi connectivity index (χ0n) is 17.1. The lowest BCUT2D eigenvalue weighted by Crippen LogP contribution is -2.15. The van der Waals surface area contributed by atoms with Gasteiger partial charge in [-0.3, -0.25) is 4.79 Å². The Balaban J connectivity index is 1.71. The van der Waals surface area contributed by atoms with Gasteiger partial charge in [0.25, 0.3) is 0 Å². The van der Waals surface area contributed by atoms with Crippen molar-refractivity contribution in [2.45, 2.75) is 58.2 Å². The maximum absolute atomic E-state index is 12.6. The molecule has 2 aromatic rings. The van der Waals surface area contributed by atoms with Gasteiger partial charge in [0.05, 0.1) is 12.3 Å². The third-order valence-corrected chi connectivity index (χ3v) is 5.30. The zero-order chi connectivity index (χ0) is 20.3. The lowest BCUT2D eigenvalue weighted by molar-refractivity contribution is -0.116. The zero-order valence-corrected chi connectivity index (χ0v) is 17.9. The van der Waals surface area contributed by atoms with Crippen molar-refractivity contribution in [3.8, 4) is 11.5 Å². The van der Waals surface area contributed by atoms with Crippen molar-refractivity contribution < 1.29 is 14.3 Å². The van der Waals surface area contributed by atoms with E-state index in [0.29, 0.717) is 30.9 Å². The molecule has 0 fully saturated rings. The number of nitrogens with one attached hydrogen (secondary N) is 1. The van der Waals surface area contributed by atoms with E-state index < -0.39 is 0 Å². The topological polar surface area (TPSA) is 73.3 Å². The van der Waals surface area contributed by atoms with Gasteiger partial charge in [-0.2, -0.15) is 0 Å². The van der Waals surface area contributed by atoms with Crippen LogP contribution in [0.3, 0.4) is 0 Å². The number of carbonyl (C=O) groups excluding carboxylic acids is 1. The van der Waals surface area contributed by atoms with Crippen molar-refractivity contribution in [3.63, 3.8) is 0 Å². The third-order valence-electron chi connectivity index (χ3n) is 4.76. The second-order valence-electron chi connectivity index (χ2n) is 6.93. The second-order valence-corrected chi connectivity index (χ2v) is 7.70. The lowest BCUT2D eigenvalue weighted by Gasteiger charge is -2.14. The van der Waals surface area contributed by atoms with E-state index in [9.17, 15) is 4.79 Å². The predicted molar refractivity (Wildman–Crippen MR) is 112 cm³/mol. The van der Waals surface area contributed by atoms with Gasteiger partial charge in [0.2, 0.25) is 5.91 Å². The Bertz CT molecular complexity index is 862. The summed E-state index contributed by atoms with van der Waals surface area (Å²) < 4.78 is 11.6. The molecule has 0 spiro atoms. The van der Waals surface area contributed by atoms with E-state index in [2.05, 4.69) is 15.3 Å². The maximum atomic E-state index is 12.6. The van der Waals surface area contributed by atoms with Crippen molar-refractivity contribution in [1.29, 1.82) is 0 Å². The van der Waals surface area contributed by atoms with Crippen LogP contribution in [-0.4, -0.2) is 34.8 Å². The molecule has 1 amide bonds. The summed E-state index contributed by atoms with van der Waals surface area (Å²) >= 11 is 1.52. The molecule has 1 atom stereocenters. The molecule has 150 valence electrons. The highest BCUT2D eigenvalue weighted by Gasteiger charge is 2.22. The number of thioether (sulfide) groups is 1. The summed E-state index contributed by atoms with van der Waals surface area (Å²) in [6, 6.07) is 3.84. The molecule has 0 saturated heterocycles. The number of carbonyl (C=O) groups is 1. The van der Waals surface area contributed by atoms with Gasteiger partial charge >= 0.3 is 0 Å². The van der Waals surface area contributed by atoms with E-state index >= 15 is 0 Å². The SMILES string of the molecule is CCOc1cc2c(cc1NC(=O)CCc1c(C)nc(SC)nc1C)OC(C)C2. The van der Waals surface area contributed by atoms with Crippen LogP contribution in [0.1, 0.15) is 42.8 Å². The Morgan fingerprint density at radius 1 is 1.32 bits per heavy atom. The first-order valence-electron chi connectivity index (χ1n) is 9.55. The quantitative estimate of drug-likeness (QED) is 0.556. The van der Waals surface area contributed by atoms with Crippen molar-refractivity contribution in [1.82, 2.24) is 9.97 Å². The number of aromatic nitrogens is 2. The minimum Gasteiger partial charge on any atom is -0.492 e. The smallest absolute Gasteiger partial charge is 0.224 e. The molecule has 1 unspecified atom stereocenters. The predicted octanol–water partition coefficient (Wildman–Crippen LogP) is 4.11. The van der Waals surface area contributed by atoms with Gasteiger partial charge in [0, 0.05) is 35.9 Å². The third kappa shape index (κ3) is 4.58. The number of ether oxygens (including phenoxy) is 2. The molecule has 3 rings (SSSR count). The van der Waals surface area contributed by atoms with Gasteiger partial charge in [-0.15, -0.1) is 0 Å². The van der Waals surface area contributed by atoms with Crippen LogP contribution in [0.15, 0.2) is 17.3 Å². The first kappa shape index (κ1) is 20.5. The summed E-state index contributed by atoms with van der Waals surface area (Å²) in [5.74, 6) is 1.44. The first-order valence-corrected chi connectivity index (χ1v) is 10.8. The van der Waals surface area contributed by atoms with Crippen LogP contribution in [0.2, 0.25) is 0 Å². The highest BCUT2D eigenvalue weighted by atomic mass is 32.2. The van der Waals surface area contributed by atoms with Gasteiger partial charge in [-0.05, 0) is 52.0 Å². The number of anilines is 1. The lowest BCUT2D eigenvalue weighted by atomic mass is 10.1. The maximum Gasteiger partial charge on any atom is 0.224 e. The molecule has 0 saturated carbocycles. The molecule has 2 heterocycles. The van der Waals surface area contributed by atoms with Crippen LogP contribution in [0.25, 0.3) is 0 Å². The molecule has 1 aromatic heterocycles. The van der Waals surface area contributed by atoms with Crippen molar-refractivity contribution in [2.24, 2.45) is 0 Å². The van der Waals surface area contributed by atoms with Gasteiger partial charge in [-0.1, -0.05) is 11.8 Å². The van der Waals surface area contributed by atoms with Crippen LogP contribution < -0.4 is 14.8 Å². The number of benzene rings is 1. The van der Waals surface area contributed by atoms with Crippen molar-refractivity contribution >= 4 is 23.4 Å². The minimum absolute atomic E-state index is 0.0697. The summed E-state index contributed by atoms with van der Waals surface area (Å²) in [4.78, 5) is 21.6. The highest BCUT2D eigenvalue weighted by Crippen LogP contribution is 2.38. The molecule has 7 heteroatoms. The summed E-state index contributed by atoms with van der Waals surface area (Å²) in [6.45, 7) is 8.44. The van der Waals surface area contributed by atoms with E-state index in [1.165, 1.54) is 11.8 Å². The van der Waals surface area contributed by atoms with Crippen LogP contribution in [0.5, 0.6) is 11.5 Å². The minimum atomic E-state index is -0.0697. The molecule has 1 N–H and O–H groups in total. The number of hydrogen-bond acceptors (Lipinski definition) is 6. The summed E-state index contributed by atoms with van der Waals surface area (Å²) in [6.07, 6.45) is 3.90. The van der Waals surface area contributed by atoms with Crippen LogP contribution in [0.4, 0.5) is 5.69 Å². The summed E-state index contributed by atoms with van der Waals surface area (Å²) in [5.41, 5.74) is 4.66. The molecule has 0 radical (unpaired) electrons. The van der Waals surface area contributed by atoms with Crippen LogP contribution in [-0.2, 0) is 17.6 Å². The fraction of sp³-hybridized carbons (Fsp3) is 0.476. The molecule has 28 heavy (non-hydrogen) atoms. The van der Waals surface area contributed by atoms with Gasteiger partial charge in [0.15, 0.2) is 5.16 Å². The molecule has 0 aliphatic carbocycles. The fourth-order valence-corrected chi connectivity index (χ4v) is 3.88. The van der Waals surface area contributed by atoms with E-state index in [1.54, 1.807) is 0 Å². The molecule has 0 bridgehead atoms. The van der Waals surface area contributed by atoms with Crippen molar-refractivity contribution in [2.75, 3.05) is 18.2 Å². The number of nitrogens with zero attached hydrogens (tertiary/aromatic N) is 2. The number of fused-ring (bicyclic) bond motifs is 1. The average Bonchev–Trinajstić information content (AvgIpc) is 3.00. The molecule has 6 nitrogen and oxygen atoms in total. The average molecular weight is 402 g/mol. The monoisotopic (exact) mass is 401 g/mol. The molecule has 1 aromatic carbocycles. The molecule has 1 aliphatic rings. The number of hydrogen-bond donors (Lipinski definition) is 1. The van der Waals surface area contributed by atoms with E-state index in [0.717, 1.165) is 39.8 Å². The Hall–Kier alpha value is -2.28.